The lowest BCUT2D eigenvalue weighted by Crippen LogP contribution is -2.34. The van der Waals surface area contributed by atoms with Gasteiger partial charge in [-0.05, 0) is 20.3 Å². The Morgan fingerprint density at radius 2 is 2.00 bits per heavy atom. The van der Waals surface area contributed by atoms with Crippen LogP contribution in [0.3, 0.4) is 0 Å². The van der Waals surface area contributed by atoms with Crippen LogP contribution in [0.15, 0.2) is 0 Å². The van der Waals surface area contributed by atoms with Crippen LogP contribution in [0.5, 0.6) is 6.01 Å². The molecule has 0 radical (unpaired) electrons. The normalized spacial score (nSPS) is 12.1. The Bertz CT molecular complexity index is 402. The molecule has 20 heavy (non-hydrogen) atoms. The van der Waals surface area contributed by atoms with Crippen LogP contribution in [-0.2, 0) is 4.74 Å². The summed E-state index contributed by atoms with van der Waals surface area (Å²) in [7, 11) is 3.61. The fraction of sp³-hybridized carbons (Fsp3) is 0.769. The smallest absolute Gasteiger partial charge is 0.323 e. The largest absolute Gasteiger partial charge is 0.463 e. The third-order valence-electron chi connectivity index (χ3n) is 2.76. The van der Waals surface area contributed by atoms with Gasteiger partial charge in [-0.15, -0.1) is 0 Å². The van der Waals surface area contributed by atoms with Gasteiger partial charge in [0.1, 0.15) is 0 Å². The molecule has 1 N–H and O–H groups in total. The molecule has 1 atom stereocenters. The number of ether oxygens (including phenoxy) is 2. The van der Waals surface area contributed by atoms with E-state index in [2.05, 4.69) is 20.3 Å². The lowest BCUT2D eigenvalue weighted by Gasteiger charge is -2.24. The number of methoxy groups -OCH3 is 1. The third kappa shape index (κ3) is 4.80. The Balaban J connectivity index is 2.94. The molecule has 0 fully saturated rings. The van der Waals surface area contributed by atoms with Crippen molar-refractivity contribution in [2.45, 2.75) is 33.2 Å². The van der Waals surface area contributed by atoms with Gasteiger partial charge in [0.05, 0.1) is 19.3 Å². The lowest BCUT2D eigenvalue weighted by molar-refractivity contribution is 0.182. The van der Waals surface area contributed by atoms with Crippen LogP contribution in [0, 0.1) is 0 Å². The van der Waals surface area contributed by atoms with Crippen molar-refractivity contribution < 1.29 is 9.47 Å². The number of hydrogen-bond acceptors (Lipinski definition) is 7. The van der Waals surface area contributed by atoms with Gasteiger partial charge in [-0.1, -0.05) is 6.92 Å². The Labute approximate surface area is 120 Å². The van der Waals surface area contributed by atoms with E-state index in [-0.39, 0.29) is 6.04 Å². The fourth-order valence-corrected chi connectivity index (χ4v) is 1.55. The highest BCUT2D eigenvalue weighted by molar-refractivity contribution is 5.38. The summed E-state index contributed by atoms with van der Waals surface area (Å²) in [5.74, 6) is 1.10. The molecule has 1 unspecified atom stereocenters. The molecule has 1 heterocycles. The van der Waals surface area contributed by atoms with Gasteiger partial charge in [-0.2, -0.15) is 15.0 Å². The van der Waals surface area contributed by atoms with Crippen LogP contribution in [0.1, 0.15) is 27.2 Å². The first kappa shape index (κ1) is 16.4. The van der Waals surface area contributed by atoms with Crippen molar-refractivity contribution in [3.05, 3.63) is 0 Å². The molecule has 0 saturated heterocycles. The summed E-state index contributed by atoms with van der Waals surface area (Å²) >= 11 is 0. The number of rotatable bonds is 9. The zero-order valence-corrected chi connectivity index (χ0v) is 13.0. The molecule has 0 spiro atoms. The third-order valence-corrected chi connectivity index (χ3v) is 2.76. The van der Waals surface area contributed by atoms with Gasteiger partial charge in [0.15, 0.2) is 0 Å². The standard InChI is InChI=1S/C13H25N5O2/c1-6-8-20-13-16-11(14-7-2)15-12(17-13)18(4)10(3)9-19-5/h10H,6-9H2,1-5H3,(H,14,15,16,17). The second kappa shape index (κ2) is 8.52. The molecule has 7 nitrogen and oxygen atoms in total. The minimum atomic E-state index is 0.163. The van der Waals surface area contributed by atoms with Gasteiger partial charge < -0.3 is 19.7 Å². The van der Waals surface area contributed by atoms with E-state index >= 15 is 0 Å². The molecule has 0 amide bonds. The van der Waals surface area contributed by atoms with Crippen LogP contribution in [0.2, 0.25) is 0 Å². The zero-order valence-electron chi connectivity index (χ0n) is 13.0. The lowest BCUT2D eigenvalue weighted by atomic mass is 10.3. The van der Waals surface area contributed by atoms with Crippen molar-refractivity contribution in [1.29, 1.82) is 0 Å². The highest BCUT2D eigenvalue weighted by Crippen LogP contribution is 2.16. The highest BCUT2D eigenvalue weighted by Gasteiger charge is 2.15. The molecule has 1 rings (SSSR count). The quantitative estimate of drug-likeness (QED) is 0.737. The van der Waals surface area contributed by atoms with Crippen LogP contribution in [0.4, 0.5) is 11.9 Å². The summed E-state index contributed by atoms with van der Waals surface area (Å²) in [4.78, 5) is 14.9. The predicted octanol–water partition coefficient (Wildman–Crippen LogP) is 1.56. The van der Waals surface area contributed by atoms with E-state index < -0.39 is 0 Å². The van der Waals surface area contributed by atoms with Crippen LogP contribution >= 0.6 is 0 Å². The maximum atomic E-state index is 5.51. The van der Waals surface area contributed by atoms with Crippen molar-refractivity contribution in [3.63, 3.8) is 0 Å². The molecule has 0 aliphatic heterocycles. The Morgan fingerprint density at radius 3 is 2.60 bits per heavy atom. The maximum absolute atomic E-state index is 5.51. The average Bonchev–Trinajstić information content (AvgIpc) is 2.44. The minimum Gasteiger partial charge on any atom is -0.463 e. The molecule has 0 bridgehead atoms. The number of likely N-dealkylation sites (N-methyl/N-ethyl adjacent to an activating group) is 1. The molecule has 0 aliphatic carbocycles. The van der Waals surface area contributed by atoms with Crippen molar-refractivity contribution in [3.8, 4) is 6.01 Å². The predicted molar refractivity (Wildman–Crippen MR) is 79.5 cm³/mol. The number of nitrogens with zero attached hydrogens (tertiary/aromatic N) is 4. The van der Waals surface area contributed by atoms with Gasteiger partial charge in [-0.3, -0.25) is 0 Å². The summed E-state index contributed by atoms with van der Waals surface area (Å²) in [5, 5.41) is 3.09. The Morgan fingerprint density at radius 1 is 1.25 bits per heavy atom. The monoisotopic (exact) mass is 283 g/mol. The second-order valence-electron chi connectivity index (χ2n) is 4.54. The average molecular weight is 283 g/mol. The summed E-state index contributed by atoms with van der Waals surface area (Å²) in [6, 6.07) is 0.514. The van der Waals surface area contributed by atoms with Crippen LogP contribution in [-0.4, -0.2) is 54.9 Å². The fourth-order valence-electron chi connectivity index (χ4n) is 1.55. The zero-order chi connectivity index (χ0) is 15.0. The first-order valence-corrected chi connectivity index (χ1v) is 6.96. The first-order valence-electron chi connectivity index (χ1n) is 6.96. The van der Waals surface area contributed by atoms with Crippen molar-refractivity contribution in [2.75, 3.05) is 44.1 Å². The first-order chi connectivity index (χ1) is 9.62. The van der Waals surface area contributed by atoms with Crippen molar-refractivity contribution >= 4 is 11.9 Å². The number of hydrogen-bond donors (Lipinski definition) is 1. The molecule has 7 heteroatoms. The topological polar surface area (TPSA) is 72.4 Å². The molecule has 0 saturated carbocycles. The molecular formula is C13H25N5O2. The Hall–Kier alpha value is -1.63. The van der Waals surface area contributed by atoms with E-state index in [1.165, 1.54) is 0 Å². The van der Waals surface area contributed by atoms with Gasteiger partial charge in [-0.25, -0.2) is 0 Å². The highest BCUT2D eigenvalue weighted by atomic mass is 16.5. The van der Waals surface area contributed by atoms with Gasteiger partial charge in [0.2, 0.25) is 11.9 Å². The Kier molecular flexibility index (Phi) is 7.00. The number of anilines is 2. The molecule has 0 aromatic carbocycles. The van der Waals surface area contributed by atoms with E-state index in [1.54, 1.807) is 7.11 Å². The van der Waals surface area contributed by atoms with Gasteiger partial charge in [0.25, 0.3) is 0 Å². The maximum Gasteiger partial charge on any atom is 0.323 e. The van der Waals surface area contributed by atoms with E-state index in [9.17, 15) is 0 Å². The van der Waals surface area contributed by atoms with E-state index in [0.717, 1.165) is 13.0 Å². The van der Waals surface area contributed by atoms with E-state index in [0.29, 0.717) is 31.1 Å². The van der Waals surface area contributed by atoms with Crippen molar-refractivity contribution in [1.82, 2.24) is 15.0 Å². The SMILES string of the molecule is CCCOc1nc(NCC)nc(N(C)C(C)COC)n1. The molecule has 114 valence electrons. The summed E-state index contributed by atoms with van der Waals surface area (Å²) in [6.45, 7) is 8.02. The van der Waals surface area contributed by atoms with Crippen LogP contribution < -0.4 is 15.0 Å². The molecule has 1 aromatic heterocycles. The summed E-state index contributed by atoms with van der Waals surface area (Å²) in [6.07, 6.45) is 0.910. The van der Waals surface area contributed by atoms with Crippen molar-refractivity contribution in [2.24, 2.45) is 0 Å². The van der Waals surface area contributed by atoms with Crippen LogP contribution in [0.25, 0.3) is 0 Å². The number of nitrogens with one attached hydrogen (secondary N) is 1. The van der Waals surface area contributed by atoms with E-state index in [1.807, 2.05) is 32.7 Å². The van der Waals surface area contributed by atoms with Gasteiger partial charge in [0, 0.05) is 20.7 Å². The second-order valence-corrected chi connectivity index (χ2v) is 4.54. The molecular weight excluding hydrogens is 258 g/mol. The minimum absolute atomic E-state index is 0.163. The number of aromatic nitrogens is 3. The van der Waals surface area contributed by atoms with Gasteiger partial charge >= 0.3 is 6.01 Å². The molecule has 1 aromatic rings. The summed E-state index contributed by atoms with van der Waals surface area (Å²) < 4.78 is 10.7. The van der Waals surface area contributed by atoms with E-state index in [4.69, 9.17) is 9.47 Å². The summed E-state index contributed by atoms with van der Waals surface area (Å²) in [5.41, 5.74) is 0. The molecule has 0 aliphatic rings.